The Kier molecular flexibility index (Phi) is 8.63. The second-order valence-corrected chi connectivity index (χ2v) is 9.98. The van der Waals surface area contributed by atoms with E-state index in [1.807, 2.05) is 0 Å². The molecule has 1 aliphatic heterocycles. The number of hydrogen-bond acceptors (Lipinski definition) is 6. The summed E-state index contributed by atoms with van der Waals surface area (Å²) in [5, 5.41) is 22.9. The van der Waals surface area contributed by atoms with Gasteiger partial charge in [0.05, 0.1) is 29.7 Å². The molecule has 2 heterocycles. The lowest BCUT2D eigenvalue weighted by atomic mass is 9.83. The molecule has 204 valence electrons. The summed E-state index contributed by atoms with van der Waals surface area (Å²) in [7, 11) is 0. The molecule has 2 aromatic rings. The van der Waals surface area contributed by atoms with Crippen LogP contribution in [0.4, 0.5) is 32.4 Å². The van der Waals surface area contributed by atoms with Crippen LogP contribution in [0.5, 0.6) is 0 Å². The molecule has 1 saturated heterocycles. The first-order valence-electron chi connectivity index (χ1n) is 11.7. The highest BCUT2D eigenvalue weighted by molar-refractivity contribution is 5.70. The number of aliphatic hydroxyl groups excluding tert-OH is 2. The molecule has 3 N–H and O–H groups in total. The van der Waals surface area contributed by atoms with Crippen LogP contribution in [0.2, 0.25) is 0 Å². The normalized spacial score (nSPS) is 19.3. The van der Waals surface area contributed by atoms with Crippen molar-refractivity contribution in [2.45, 2.75) is 70.3 Å². The van der Waals surface area contributed by atoms with Crippen LogP contribution < -0.4 is 10.2 Å². The lowest BCUT2D eigenvalue weighted by Crippen LogP contribution is -2.67. The molecule has 0 saturated carbocycles. The number of halogens is 5. The molecule has 2 unspecified atom stereocenters. The molecule has 1 aromatic heterocycles. The monoisotopic (exact) mass is 531 g/mol. The lowest BCUT2D eigenvalue weighted by molar-refractivity contribution is -0.0664. The number of hydrogen-bond donors (Lipinski definition) is 3. The average Bonchev–Trinajstić information content (AvgIpc) is 2.81. The maximum absolute atomic E-state index is 13.7. The fourth-order valence-electron chi connectivity index (χ4n) is 4.45. The first-order chi connectivity index (χ1) is 17.3. The fraction of sp³-hybridized carbons (Fsp3) is 0.520. The third-order valence-electron chi connectivity index (χ3n) is 6.08. The molecule has 1 aliphatic rings. The van der Waals surface area contributed by atoms with E-state index >= 15 is 0 Å². The van der Waals surface area contributed by atoms with E-state index in [1.165, 1.54) is 12.3 Å². The molecule has 2 atom stereocenters. The van der Waals surface area contributed by atoms with E-state index in [9.17, 15) is 37.0 Å². The molecule has 3 rings (SSSR count). The number of aliphatic hydroxyl groups is 2. The highest BCUT2D eigenvalue weighted by atomic mass is 19.3. The van der Waals surface area contributed by atoms with E-state index in [4.69, 9.17) is 4.74 Å². The number of pyridine rings is 1. The van der Waals surface area contributed by atoms with E-state index in [2.05, 4.69) is 10.3 Å². The number of benzene rings is 1. The molecular weight excluding hydrogens is 501 g/mol. The van der Waals surface area contributed by atoms with Crippen molar-refractivity contribution in [1.29, 1.82) is 0 Å². The Bertz CT molecular complexity index is 1110. The smallest absolute Gasteiger partial charge is 0.408 e. The molecule has 0 spiro atoms. The SMILES string of the molecule is CC(C)(C)OC(=O)NC1(C(O)C(F)F)CCCN(c2cnc(-c3ccc(F)cc3C(F)F)cc2CO)C1. The van der Waals surface area contributed by atoms with Crippen molar-refractivity contribution in [2.24, 2.45) is 0 Å². The van der Waals surface area contributed by atoms with Gasteiger partial charge in [-0.1, -0.05) is 0 Å². The number of amides is 1. The van der Waals surface area contributed by atoms with Crippen molar-refractivity contribution in [3.8, 4) is 11.3 Å². The van der Waals surface area contributed by atoms with E-state index in [1.54, 1.807) is 25.7 Å². The zero-order chi connectivity index (χ0) is 27.5. The zero-order valence-corrected chi connectivity index (χ0v) is 20.6. The summed E-state index contributed by atoms with van der Waals surface area (Å²) in [6.45, 7) is 4.34. The molecular formula is C25H30F5N3O4. The van der Waals surface area contributed by atoms with Crippen LogP contribution in [0.15, 0.2) is 30.5 Å². The molecule has 1 amide bonds. The lowest BCUT2D eigenvalue weighted by Gasteiger charge is -2.46. The zero-order valence-electron chi connectivity index (χ0n) is 20.6. The number of nitrogens with one attached hydrogen (secondary N) is 1. The number of piperidine rings is 1. The number of ether oxygens (including phenoxy) is 1. The molecule has 1 aromatic carbocycles. The molecule has 7 nitrogen and oxygen atoms in total. The first kappa shape index (κ1) is 28.6. The molecule has 0 radical (unpaired) electrons. The van der Waals surface area contributed by atoms with E-state index < -0.39 is 54.2 Å². The van der Waals surface area contributed by atoms with Gasteiger partial charge in [-0.2, -0.15) is 0 Å². The van der Waals surface area contributed by atoms with E-state index in [0.29, 0.717) is 24.7 Å². The summed E-state index contributed by atoms with van der Waals surface area (Å²) in [6, 6.07) is 4.25. The van der Waals surface area contributed by atoms with Crippen molar-refractivity contribution in [3.05, 3.63) is 47.4 Å². The quantitative estimate of drug-likeness (QED) is 0.444. The second kappa shape index (κ2) is 11.2. The minimum absolute atomic E-state index is 0.0228. The summed E-state index contributed by atoms with van der Waals surface area (Å²) in [4.78, 5) is 18.3. The van der Waals surface area contributed by atoms with Crippen LogP contribution in [0.3, 0.4) is 0 Å². The minimum Gasteiger partial charge on any atom is -0.444 e. The topological polar surface area (TPSA) is 94.9 Å². The highest BCUT2D eigenvalue weighted by Crippen LogP contribution is 2.36. The molecule has 0 aliphatic carbocycles. The van der Waals surface area contributed by atoms with E-state index in [0.717, 1.165) is 12.1 Å². The summed E-state index contributed by atoms with van der Waals surface area (Å²) in [6.07, 6.45) is -7.72. The Morgan fingerprint density at radius 3 is 2.54 bits per heavy atom. The fourth-order valence-corrected chi connectivity index (χ4v) is 4.45. The van der Waals surface area contributed by atoms with Crippen molar-refractivity contribution < 1.29 is 41.7 Å². The second-order valence-electron chi connectivity index (χ2n) is 9.98. The van der Waals surface area contributed by atoms with Gasteiger partial charge in [-0.25, -0.2) is 26.7 Å². The number of nitrogens with zero attached hydrogens (tertiary/aromatic N) is 2. The van der Waals surface area contributed by atoms with E-state index in [-0.39, 0.29) is 29.8 Å². The maximum Gasteiger partial charge on any atom is 0.408 e. The third kappa shape index (κ3) is 6.67. The van der Waals surface area contributed by atoms with Gasteiger partial charge in [0.1, 0.15) is 17.5 Å². The van der Waals surface area contributed by atoms with Gasteiger partial charge >= 0.3 is 6.09 Å². The van der Waals surface area contributed by atoms with Crippen molar-refractivity contribution in [1.82, 2.24) is 10.3 Å². The number of anilines is 1. The average molecular weight is 532 g/mol. The number of alkyl carbamates (subject to hydrolysis) is 1. The Balaban J connectivity index is 1.97. The van der Waals surface area contributed by atoms with Crippen molar-refractivity contribution in [3.63, 3.8) is 0 Å². The third-order valence-corrected chi connectivity index (χ3v) is 6.08. The Hall–Kier alpha value is -2.99. The number of aromatic nitrogens is 1. The van der Waals surface area contributed by atoms with Crippen LogP contribution in [0, 0.1) is 5.82 Å². The number of carbonyl (C=O) groups is 1. The summed E-state index contributed by atoms with van der Waals surface area (Å²) >= 11 is 0. The van der Waals surface area contributed by atoms with Crippen LogP contribution >= 0.6 is 0 Å². The van der Waals surface area contributed by atoms with Gasteiger partial charge in [-0.05, 0) is 57.9 Å². The summed E-state index contributed by atoms with van der Waals surface area (Å²) in [5.41, 5.74) is -2.66. The van der Waals surface area contributed by atoms with Crippen LogP contribution in [-0.4, -0.2) is 58.0 Å². The number of rotatable bonds is 7. The summed E-state index contributed by atoms with van der Waals surface area (Å²) in [5.74, 6) is -0.835. The predicted molar refractivity (Wildman–Crippen MR) is 126 cm³/mol. The Morgan fingerprint density at radius 2 is 1.95 bits per heavy atom. The predicted octanol–water partition coefficient (Wildman–Crippen LogP) is 4.81. The van der Waals surface area contributed by atoms with Gasteiger partial charge in [-0.3, -0.25) is 4.98 Å². The standard InChI is InChI=1S/C25H30F5N3O4/c1-24(2,3)37-23(36)32-25(20(35)22(29)30)7-4-8-33(13-25)19-11-31-18(9-14(19)12-34)16-6-5-15(26)10-17(16)21(27)28/h5-6,9-11,20-22,34-35H,4,7-8,12-13H2,1-3H3,(H,32,36). The largest absolute Gasteiger partial charge is 0.444 e. The molecule has 0 bridgehead atoms. The summed E-state index contributed by atoms with van der Waals surface area (Å²) < 4.78 is 73.1. The van der Waals surface area contributed by atoms with Crippen molar-refractivity contribution in [2.75, 3.05) is 18.0 Å². The minimum atomic E-state index is -3.17. The van der Waals surface area contributed by atoms with Crippen LogP contribution in [-0.2, 0) is 11.3 Å². The molecule has 1 fully saturated rings. The first-order valence-corrected chi connectivity index (χ1v) is 11.7. The maximum atomic E-state index is 13.7. The molecule has 37 heavy (non-hydrogen) atoms. The molecule has 12 heteroatoms. The van der Waals surface area contributed by atoms with Gasteiger partial charge in [-0.15, -0.1) is 0 Å². The Morgan fingerprint density at radius 1 is 1.24 bits per heavy atom. The van der Waals surface area contributed by atoms with Gasteiger partial charge in [0.2, 0.25) is 0 Å². The van der Waals surface area contributed by atoms with Crippen LogP contribution in [0.25, 0.3) is 11.3 Å². The van der Waals surface area contributed by atoms with Gasteiger partial charge in [0.25, 0.3) is 12.9 Å². The highest BCUT2D eigenvalue weighted by Gasteiger charge is 2.48. The van der Waals surface area contributed by atoms with Crippen molar-refractivity contribution >= 4 is 11.8 Å². The van der Waals surface area contributed by atoms with Gasteiger partial charge < -0.3 is 25.2 Å². The number of carbonyl (C=O) groups excluding carboxylic acids is 1. The van der Waals surface area contributed by atoms with Gasteiger partial charge in [0, 0.05) is 29.8 Å². The van der Waals surface area contributed by atoms with Crippen LogP contribution in [0.1, 0.15) is 51.2 Å². The van der Waals surface area contributed by atoms with Gasteiger partial charge in [0.15, 0.2) is 0 Å². The Labute approximate surface area is 211 Å². The number of alkyl halides is 4.